The summed E-state index contributed by atoms with van der Waals surface area (Å²) in [5.74, 6) is 0. The molecule has 3 heterocycles. The molecule has 4 aromatic rings. The van der Waals surface area contributed by atoms with Gasteiger partial charge in [0.25, 0.3) is 0 Å². The van der Waals surface area contributed by atoms with Crippen LogP contribution in [0.5, 0.6) is 0 Å². The van der Waals surface area contributed by atoms with Crippen LogP contribution in [0, 0.1) is 0 Å². The molecule has 4 heteroatoms. The second-order valence-electron chi connectivity index (χ2n) is 7.17. The van der Waals surface area contributed by atoms with E-state index in [-0.39, 0.29) is 0 Å². The van der Waals surface area contributed by atoms with E-state index in [0.717, 1.165) is 16.6 Å². The molecule has 1 saturated carbocycles. The van der Waals surface area contributed by atoms with Crippen LogP contribution in [0.1, 0.15) is 32.1 Å². The molecule has 0 amide bonds. The third-order valence-corrected chi connectivity index (χ3v) is 5.47. The van der Waals surface area contributed by atoms with Crippen molar-refractivity contribution in [3.8, 4) is 11.1 Å². The molecule has 0 unspecified atom stereocenters. The Bertz CT molecular complexity index is 1060. The van der Waals surface area contributed by atoms with E-state index in [2.05, 4.69) is 50.6 Å². The molecule has 26 heavy (non-hydrogen) atoms. The van der Waals surface area contributed by atoms with Gasteiger partial charge in [-0.1, -0.05) is 25.3 Å². The third kappa shape index (κ3) is 2.71. The van der Waals surface area contributed by atoms with Crippen LogP contribution in [0.25, 0.3) is 33.1 Å². The van der Waals surface area contributed by atoms with Gasteiger partial charge in [0, 0.05) is 46.7 Å². The minimum atomic E-state index is 0.579. The number of hydrogen-bond acceptors (Lipinski definition) is 3. The highest BCUT2D eigenvalue weighted by molar-refractivity contribution is 5.99. The molecule has 130 valence electrons. The van der Waals surface area contributed by atoms with Crippen molar-refractivity contribution in [3.05, 3.63) is 55.0 Å². The number of H-pyrrole nitrogens is 1. The van der Waals surface area contributed by atoms with Gasteiger partial charge in [0.2, 0.25) is 0 Å². The van der Waals surface area contributed by atoms with Crippen LogP contribution >= 0.6 is 0 Å². The van der Waals surface area contributed by atoms with Crippen LogP contribution in [0.15, 0.2) is 55.0 Å². The molecule has 1 aliphatic rings. The predicted octanol–water partition coefficient (Wildman–Crippen LogP) is 5.52. The maximum absolute atomic E-state index is 4.56. The molecule has 0 atom stereocenters. The SMILES string of the molecule is c1cnc2[nH]cc(-c3ccc4nccc(NC5CCCCC5)c4c3)c2c1. The highest BCUT2D eigenvalue weighted by Gasteiger charge is 2.15. The topological polar surface area (TPSA) is 53.6 Å². The van der Waals surface area contributed by atoms with Crippen molar-refractivity contribution in [2.75, 3.05) is 5.32 Å². The average molecular weight is 342 g/mol. The number of hydrogen-bond donors (Lipinski definition) is 2. The van der Waals surface area contributed by atoms with Gasteiger partial charge >= 0.3 is 0 Å². The van der Waals surface area contributed by atoms with E-state index in [1.54, 1.807) is 0 Å². The Morgan fingerprint density at radius 2 is 1.85 bits per heavy atom. The molecule has 0 radical (unpaired) electrons. The summed E-state index contributed by atoms with van der Waals surface area (Å²) in [5, 5.41) is 6.11. The van der Waals surface area contributed by atoms with Crippen LogP contribution in [0.2, 0.25) is 0 Å². The monoisotopic (exact) mass is 342 g/mol. The maximum Gasteiger partial charge on any atom is 0.137 e. The zero-order chi connectivity index (χ0) is 17.3. The summed E-state index contributed by atoms with van der Waals surface area (Å²) >= 11 is 0. The summed E-state index contributed by atoms with van der Waals surface area (Å²) in [6.45, 7) is 0. The van der Waals surface area contributed by atoms with Crippen molar-refractivity contribution in [2.45, 2.75) is 38.1 Å². The van der Waals surface area contributed by atoms with Crippen molar-refractivity contribution >= 4 is 27.6 Å². The Morgan fingerprint density at radius 3 is 2.77 bits per heavy atom. The predicted molar refractivity (Wildman–Crippen MR) is 107 cm³/mol. The van der Waals surface area contributed by atoms with Crippen LogP contribution in [-0.2, 0) is 0 Å². The van der Waals surface area contributed by atoms with E-state index in [1.807, 2.05) is 24.7 Å². The molecule has 3 aromatic heterocycles. The summed E-state index contributed by atoms with van der Waals surface area (Å²) in [6.07, 6.45) is 12.3. The quantitative estimate of drug-likeness (QED) is 0.515. The smallest absolute Gasteiger partial charge is 0.137 e. The Balaban J connectivity index is 1.58. The second-order valence-corrected chi connectivity index (χ2v) is 7.17. The van der Waals surface area contributed by atoms with Gasteiger partial charge in [0.1, 0.15) is 5.65 Å². The first kappa shape index (κ1) is 15.4. The molecule has 5 rings (SSSR count). The first-order valence-electron chi connectivity index (χ1n) is 9.46. The van der Waals surface area contributed by atoms with Crippen molar-refractivity contribution in [2.24, 2.45) is 0 Å². The van der Waals surface area contributed by atoms with Crippen LogP contribution in [-0.4, -0.2) is 21.0 Å². The van der Waals surface area contributed by atoms with Crippen molar-refractivity contribution < 1.29 is 0 Å². The van der Waals surface area contributed by atoms with E-state index < -0.39 is 0 Å². The number of fused-ring (bicyclic) bond motifs is 2. The lowest BCUT2D eigenvalue weighted by Gasteiger charge is -2.24. The number of anilines is 1. The van der Waals surface area contributed by atoms with Gasteiger partial charge < -0.3 is 10.3 Å². The summed E-state index contributed by atoms with van der Waals surface area (Å²) in [4.78, 5) is 12.2. The number of aromatic amines is 1. The van der Waals surface area contributed by atoms with Gasteiger partial charge in [-0.3, -0.25) is 4.98 Å². The molecule has 2 N–H and O–H groups in total. The van der Waals surface area contributed by atoms with Crippen LogP contribution in [0.3, 0.4) is 0 Å². The molecular weight excluding hydrogens is 320 g/mol. The zero-order valence-electron chi connectivity index (χ0n) is 14.7. The lowest BCUT2D eigenvalue weighted by atomic mass is 9.95. The highest BCUT2D eigenvalue weighted by atomic mass is 14.9. The summed E-state index contributed by atoms with van der Waals surface area (Å²) in [6, 6.07) is 13.3. The van der Waals surface area contributed by atoms with Crippen LogP contribution < -0.4 is 5.32 Å². The summed E-state index contributed by atoms with van der Waals surface area (Å²) < 4.78 is 0. The van der Waals surface area contributed by atoms with E-state index in [0.29, 0.717) is 6.04 Å². The molecule has 1 aliphatic carbocycles. The number of nitrogens with zero attached hydrogens (tertiary/aromatic N) is 2. The standard InChI is InChI=1S/C22H22N4/c1-2-5-16(6-3-1)26-21-10-12-23-20-9-8-15(13-18(20)21)19-14-25-22-17(19)7-4-11-24-22/h4,7-14,16H,1-3,5-6H2,(H,23,26)(H,24,25). The first-order valence-corrected chi connectivity index (χ1v) is 9.46. The minimum absolute atomic E-state index is 0.579. The van der Waals surface area contributed by atoms with Gasteiger partial charge in [-0.15, -0.1) is 0 Å². The first-order chi connectivity index (χ1) is 12.9. The maximum atomic E-state index is 4.56. The molecule has 0 saturated heterocycles. The summed E-state index contributed by atoms with van der Waals surface area (Å²) in [5.41, 5.74) is 5.53. The number of benzene rings is 1. The molecule has 1 fully saturated rings. The molecular formula is C22H22N4. The Morgan fingerprint density at radius 1 is 0.923 bits per heavy atom. The summed E-state index contributed by atoms with van der Waals surface area (Å²) in [7, 11) is 0. The number of nitrogens with one attached hydrogen (secondary N) is 2. The Labute approximate surface area is 152 Å². The van der Waals surface area contributed by atoms with E-state index in [9.17, 15) is 0 Å². The fourth-order valence-corrected chi connectivity index (χ4v) is 4.10. The van der Waals surface area contributed by atoms with Gasteiger partial charge in [-0.2, -0.15) is 0 Å². The average Bonchev–Trinajstić information content (AvgIpc) is 3.13. The van der Waals surface area contributed by atoms with Crippen molar-refractivity contribution in [1.29, 1.82) is 0 Å². The van der Waals surface area contributed by atoms with Gasteiger partial charge in [-0.25, -0.2) is 4.98 Å². The number of aromatic nitrogens is 3. The van der Waals surface area contributed by atoms with Crippen molar-refractivity contribution in [1.82, 2.24) is 15.0 Å². The van der Waals surface area contributed by atoms with Gasteiger partial charge in [0.15, 0.2) is 0 Å². The minimum Gasteiger partial charge on any atom is -0.382 e. The van der Waals surface area contributed by atoms with Crippen LogP contribution in [0.4, 0.5) is 5.69 Å². The van der Waals surface area contributed by atoms with E-state index in [4.69, 9.17) is 0 Å². The fourth-order valence-electron chi connectivity index (χ4n) is 4.10. The lowest BCUT2D eigenvalue weighted by molar-refractivity contribution is 0.463. The molecule has 1 aromatic carbocycles. The second kappa shape index (κ2) is 6.45. The van der Waals surface area contributed by atoms with Crippen molar-refractivity contribution in [3.63, 3.8) is 0 Å². The largest absolute Gasteiger partial charge is 0.382 e. The third-order valence-electron chi connectivity index (χ3n) is 5.47. The lowest BCUT2D eigenvalue weighted by Crippen LogP contribution is -2.22. The van der Waals surface area contributed by atoms with E-state index in [1.165, 1.54) is 54.3 Å². The Hall–Kier alpha value is -2.88. The molecule has 4 nitrogen and oxygen atoms in total. The molecule has 0 spiro atoms. The van der Waals surface area contributed by atoms with Gasteiger partial charge in [0.05, 0.1) is 5.52 Å². The molecule has 0 aliphatic heterocycles. The number of pyridine rings is 2. The molecule has 0 bridgehead atoms. The fraction of sp³-hybridized carbons (Fsp3) is 0.273. The van der Waals surface area contributed by atoms with Gasteiger partial charge in [-0.05, 0) is 48.7 Å². The number of rotatable bonds is 3. The highest BCUT2D eigenvalue weighted by Crippen LogP contribution is 2.33. The Kier molecular flexibility index (Phi) is 3.81. The zero-order valence-corrected chi connectivity index (χ0v) is 14.7. The van der Waals surface area contributed by atoms with E-state index >= 15 is 0 Å². The normalized spacial score (nSPS) is 15.5.